The van der Waals surface area contributed by atoms with Gasteiger partial charge >= 0.3 is 0 Å². The largest absolute Gasteiger partial charge is 0.330 e. The normalized spacial score (nSPS) is 11.1. The third-order valence-electron chi connectivity index (χ3n) is 2.79. The quantitative estimate of drug-likeness (QED) is 0.650. The highest BCUT2D eigenvalue weighted by Gasteiger charge is 2.11. The molecule has 1 aromatic heterocycles. The smallest absolute Gasteiger partial charge is 0.182 e. The zero-order valence-electron chi connectivity index (χ0n) is 9.45. The number of fused-ring (bicyclic) bond motifs is 1. The molecule has 1 heterocycles. The van der Waals surface area contributed by atoms with Gasteiger partial charge in [-0.05, 0) is 48.6 Å². The molecule has 3 aromatic rings. The van der Waals surface area contributed by atoms with Gasteiger partial charge in [-0.15, -0.1) is 0 Å². The first-order chi connectivity index (χ1) is 9.06. The number of benzene rings is 2. The summed E-state index contributed by atoms with van der Waals surface area (Å²) in [4.78, 5) is 2.84. The predicted octanol–water partition coefficient (Wildman–Crippen LogP) is 4.62. The highest BCUT2D eigenvalue weighted by molar-refractivity contribution is 7.71. The highest BCUT2D eigenvalue weighted by Crippen LogP contribution is 2.24. The van der Waals surface area contributed by atoms with E-state index in [1.54, 1.807) is 0 Å². The Morgan fingerprint density at radius 3 is 2.68 bits per heavy atom. The topological polar surface area (TPSA) is 20.7 Å². The van der Waals surface area contributed by atoms with Crippen molar-refractivity contribution in [3.63, 3.8) is 0 Å². The number of H-pyrrole nitrogens is 1. The third-order valence-corrected chi connectivity index (χ3v) is 3.31. The van der Waals surface area contributed by atoms with Crippen LogP contribution in [0.3, 0.4) is 0 Å². The van der Waals surface area contributed by atoms with Crippen molar-refractivity contribution in [1.82, 2.24) is 9.55 Å². The maximum atomic E-state index is 13.9. The summed E-state index contributed by atoms with van der Waals surface area (Å²) in [7, 11) is 0. The van der Waals surface area contributed by atoms with E-state index in [9.17, 15) is 8.78 Å². The molecule has 6 heteroatoms. The molecular weight excluding hydrogens is 290 g/mol. The van der Waals surface area contributed by atoms with Crippen LogP contribution >= 0.6 is 23.8 Å². The SMILES string of the molecule is Fc1ccc2c(c1)[nH]c(=S)n2-c1cc(Cl)ccc1F. The minimum Gasteiger partial charge on any atom is -0.330 e. The van der Waals surface area contributed by atoms with Gasteiger partial charge in [0.1, 0.15) is 11.6 Å². The van der Waals surface area contributed by atoms with E-state index in [2.05, 4.69) is 4.98 Å². The molecule has 1 N–H and O–H groups in total. The van der Waals surface area contributed by atoms with E-state index in [-0.39, 0.29) is 16.3 Å². The summed E-state index contributed by atoms with van der Waals surface area (Å²) >= 11 is 11.0. The van der Waals surface area contributed by atoms with Gasteiger partial charge in [0.05, 0.1) is 16.7 Å². The van der Waals surface area contributed by atoms with Crippen LogP contribution in [0.5, 0.6) is 0 Å². The van der Waals surface area contributed by atoms with Crippen LogP contribution in [0.25, 0.3) is 16.7 Å². The molecule has 0 aliphatic rings. The van der Waals surface area contributed by atoms with Crippen molar-refractivity contribution in [2.24, 2.45) is 0 Å². The van der Waals surface area contributed by atoms with Crippen LogP contribution in [0.1, 0.15) is 0 Å². The lowest BCUT2D eigenvalue weighted by Gasteiger charge is -2.06. The Morgan fingerprint density at radius 1 is 1.11 bits per heavy atom. The van der Waals surface area contributed by atoms with Crippen LogP contribution in [0.4, 0.5) is 8.78 Å². The molecule has 0 bridgehead atoms. The van der Waals surface area contributed by atoms with Crippen LogP contribution in [-0.2, 0) is 0 Å². The lowest BCUT2D eigenvalue weighted by atomic mass is 10.2. The first-order valence-electron chi connectivity index (χ1n) is 5.42. The number of aromatic amines is 1. The number of rotatable bonds is 1. The van der Waals surface area contributed by atoms with Gasteiger partial charge in [-0.25, -0.2) is 8.78 Å². The Bertz CT molecular complexity index is 838. The van der Waals surface area contributed by atoms with Crippen molar-refractivity contribution >= 4 is 34.9 Å². The fourth-order valence-corrected chi connectivity index (χ4v) is 2.45. The lowest BCUT2D eigenvalue weighted by molar-refractivity contribution is 0.619. The van der Waals surface area contributed by atoms with Gasteiger partial charge in [0.25, 0.3) is 0 Å². The molecule has 0 aliphatic carbocycles. The Labute approximate surface area is 117 Å². The van der Waals surface area contributed by atoms with Crippen molar-refractivity contribution in [2.45, 2.75) is 0 Å². The minimum atomic E-state index is -0.453. The lowest BCUT2D eigenvalue weighted by Crippen LogP contribution is -1.97. The Balaban J connectivity index is 2.39. The second-order valence-electron chi connectivity index (χ2n) is 4.02. The second kappa shape index (κ2) is 4.43. The number of nitrogens with one attached hydrogen (secondary N) is 1. The summed E-state index contributed by atoms with van der Waals surface area (Å²) in [5.41, 5.74) is 1.33. The van der Waals surface area contributed by atoms with Crippen molar-refractivity contribution < 1.29 is 8.78 Å². The number of imidazole rings is 1. The highest BCUT2D eigenvalue weighted by atomic mass is 35.5. The first kappa shape index (κ1) is 12.3. The molecule has 2 aromatic carbocycles. The molecule has 0 saturated carbocycles. The molecule has 0 atom stereocenters. The van der Waals surface area contributed by atoms with Crippen molar-refractivity contribution in [1.29, 1.82) is 0 Å². The van der Waals surface area contributed by atoms with Crippen LogP contribution in [0.15, 0.2) is 36.4 Å². The zero-order chi connectivity index (χ0) is 13.6. The average Bonchev–Trinajstić information content (AvgIpc) is 2.67. The summed E-state index contributed by atoms with van der Waals surface area (Å²) in [5.74, 6) is -0.840. The Kier molecular flexibility index (Phi) is 2.88. The van der Waals surface area contributed by atoms with Crippen LogP contribution in [0.2, 0.25) is 5.02 Å². The van der Waals surface area contributed by atoms with Crippen molar-refractivity contribution in [3.8, 4) is 5.69 Å². The molecule has 0 saturated heterocycles. The average molecular weight is 297 g/mol. The van der Waals surface area contributed by atoms with Gasteiger partial charge in [0, 0.05) is 5.02 Å². The van der Waals surface area contributed by atoms with Crippen LogP contribution in [0, 0.1) is 16.4 Å². The summed E-state index contributed by atoms with van der Waals surface area (Å²) in [6, 6.07) is 8.34. The third kappa shape index (κ3) is 2.05. The van der Waals surface area contributed by atoms with Gasteiger partial charge in [0.2, 0.25) is 0 Å². The van der Waals surface area contributed by atoms with Gasteiger partial charge < -0.3 is 4.98 Å². The molecule has 0 fully saturated rings. The van der Waals surface area contributed by atoms with E-state index in [0.717, 1.165) is 0 Å². The number of aromatic nitrogens is 2. The van der Waals surface area contributed by atoms with Gasteiger partial charge in [-0.2, -0.15) is 0 Å². The Morgan fingerprint density at radius 2 is 1.89 bits per heavy atom. The fourth-order valence-electron chi connectivity index (χ4n) is 1.98. The fraction of sp³-hybridized carbons (Fsp3) is 0. The Hall–Kier alpha value is -1.72. The van der Waals surface area contributed by atoms with Gasteiger partial charge in [0.15, 0.2) is 4.77 Å². The maximum Gasteiger partial charge on any atom is 0.182 e. The van der Waals surface area contributed by atoms with Gasteiger partial charge in [-0.3, -0.25) is 4.57 Å². The van der Waals surface area contributed by atoms with E-state index >= 15 is 0 Å². The second-order valence-corrected chi connectivity index (χ2v) is 4.85. The molecule has 2 nitrogen and oxygen atoms in total. The standard InChI is InChI=1S/C13H7ClF2N2S/c14-7-1-3-9(16)12(5-7)18-11-4-2-8(15)6-10(11)17-13(18)19/h1-6H,(H,17,19). The molecular formula is C13H7ClF2N2S. The molecule has 3 rings (SSSR count). The monoisotopic (exact) mass is 296 g/mol. The minimum absolute atomic E-state index is 0.232. The zero-order valence-corrected chi connectivity index (χ0v) is 11.0. The van der Waals surface area contributed by atoms with Crippen LogP contribution in [-0.4, -0.2) is 9.55 Å². The molecule has 0 unspecified atom stereocenters. The molecule has 0 radical (unpaired) electrons. The molecule has 0 spiro atoms. The van der Waals surface area contributed by atoms with Crippen molar-refractivity contribution in [3.05, 3.63) is 57.8 Å². The van der Waals surface area contributed by atoms with Gasteiger partial charge in [-0.1, -0.05) is 11.6 Å². The molecule has 96 valence electrons. The predicted molar refractivity (Wildman–Crippen MR) is 73.4 cm³/mol. The van der Waals surface area contributed by atoms with E-state index in [4.69, 9.17) is 23.8 Å². The number of hydrogen-bond acceptors (Lipinski definition) is 1. The van der Waals surface area contributed by atoms with Crippen molar-refractivity contribution in [2.75, 3.05) is 0 Å². The van der Waals surface area contributed by atoms with E-state index in [1.165, 1.54) is 41.0 Å². The first-order valence-corrected chi connectivity index (χ1v) is 6.20. The maximum absolute atomic E-state index is 13.9. The van der Waals surface area contributed by atoms with E-state index in [0.29, 0.717) is 16.1 Å². The van der Waals surface area contributed by atoms with E-state index in [1.807, 2.05) is 0 Å². The molecule has 0 aliphatic heterocycles. The molecule has 19 heavy (non-hydrogen) atoms. The summed E-state index contributed by atoms with van der Waals surface area (Å²) < 4.78 is 28.8. The number of hydrogen-bond donors (Lipinski definition) is 1. The number of nitrogens with zero attached hydrogens (tertiary/aromatic N) is 1. The summed E-state index contributed by atoms with van der Waals surface area (Å²) in [6.07, 6.45) is 0. The summed E-state index contributed by atoms with van der Waals surface area (Å²) in [6.45, 7) is 0. The molecule has 0 amide bonds. The van der Waals surface area contributed by atoms with E-state index < -0.39 is 5.82 Å². The summed E-state index contributed by atoms with van der Waals surface area (Å²) in [5, 5.41) is 0.398. The number of halogens is 3. The van der Waals surface area contributed by atoms with Crippen LogP contribution < -0.4 is 0 Å².